The van der Waals surface area contributed by atoms with Crippen molar-refractivity contribution >= 4 is 11.6 Å². The van der Waals surface area contributed by atoms with Crippen LogP contribution in [-0.4, -0.2) is 35.5 Å². The quantitative estimate of drug-likeness (QED) is 0.814. The maximum absolute atomic E-state index is 12.1. The Morgan fingerprint density at radius 3 is 2.40 bits per heavy atom. The van der Waals surface area contributed by atoms with Gasteiger partial charge in [-0.3, -0.25) is 4.79 Å². The molecule has 132 valence electrons. The van der Waals surface area contributed by atoms with Gasteiger partial charge in [-0.1, -0.05) is 42.5 Å². The largest absolute Gasteiger partial charge is 0.388 e. The SMILES string of the molecule is O=C(CC(O)c1ccccc1)Nc1ccc(CCN2CCCC2)cc1. The van der Waals surface area contributed by atoms with Gasteiger partial charge < -0.3 is 15.3 Å². The average Bonchev–Trinajstić information content (AvgIpc) is 3.15. The molecule has 1 amide bonds. The summed E-state index contributed by atoms with van der Waals surface area (Å²) in [6.07, 6.45) is 2.96. The second kappa shape index (κ2) is 8.79. The highest BCUT2D eigenvalue weighted by Crippen LogP contribution is 2.18. The number of hydrogen-bond acceptors (Lipinski definition) is 3. The van der Waals surface area contributed by atoms with Gasteiger partial charge in [0.15, 0.2) is 0 Å². The maximum Gasteiger partial charge on any atom is 0.227 e. The Morgan fingerprint density at radius 2 is 1.72 bits per heavy atom. The summed E-state index contributed by atoms with van der Waals surface area (Å²) in [7, 11) is 0. The first-order valence-electron chi connectivity index (χ1n) is 9.05. The predicted octanol–water partition coefficient (Wildman–Crippen LogP) is 3.39. The number of aliphatic hydroxyl groups is 1. The molecule has 4 nitrogen and oxygen atoms in total. The minimum Gasteiger partial charge on any atom is -0.388 e. The smallest absolute Gasteiger partial charge is 0.227 e. The number of carbonyl (C=O) groups is 1. The van der Waals surface area contributed by atoms with Gasteiger partial charge in [-0.25, -0.2) is 0 Å². The van der Waals surface area contributed by atoms with E-state index in [1.807, 2.05) is 42.5 Å². The molecule has 0 bridgehead atoms. The lowest BCUT2D eigenvalue weighted by molar-refractivity contribution is -0.118. The van der Waals surface area contributed by atoms with E-state index in [9.17, 15) is 9.90 Å². The summed E-state index contributed by atoms with van der Waals surface area (Å²) in [4.78, 5) is 14.6. The van der Waals surface area contributed by atoms with Crippen molar-refractivity contribution in [1.82, 2.24) is 4.90 Å². The molecule has 2 aromatic rings. The van der Waals surface area contributed by atoms with E-state index >= 15 is 0 Å². The van der Waals surface area contributed by atoms with Crippen molar-refractivity contribution in [3.8, 4) is 0 Å². The second-order valence-corrected chi connectivity index (χ2v) is 6.67. The molecule has 1 saturated heterocycles. The number of nitrogens with one attached hydrogen (secondary N) is 1. The number of rotatable bonds is 7. The highest BCUT2D eigenvalue weighted by Gasteiger charge is 2.13. The minimum absolute atomic E-state index is 0.0563. The summed E-state index contributed by atoms with van der Waals surface area (Å²) in [5.41, 5.74) is 2.82. The first-order valence-corrected chi connectivity index (χ1v) is 9.05. The van der Waals surface area contributed by atoms with Crippen LogP contribution in [0.3, 0.4) is 0 Å². The fourth-order valence-electron chi connectivity index (χ4n) is 3.23. The zero-order chi connectivity index (χ0) is 17.5. The molecule has 1 aliphatic rings. The number of aliphatic hydroxyl groups excluding tert-OH is 1. The highest BCUT2D eigenvalue weighted by molar-refractivity contribution is 5.91. The number of carbonyl (C=O) groups excluding carboxylic acids is 1. The summed E-state index contributed by atoms with van der Waals surface area (Å²) >= 11 is 0. The molecular formula is C21H26N2O2. The molecule has 4 heteroatoms. The van der Waals surface area contributed by atoms with Crippen LogP contribution in [0.2, 0.25) is 0 Å². The Morgan fingerprint density at radius 1 is 1.04 bits per heavy atom. The number of likely N-dealkylation sites (tertiary alicyclic amines) is 1. The molecule has 0 spiro atoms. The van der Waals surface area contributed by atoms with E-state index in [1.54, 1.807) is 0 Å². The van der Waals surface area contributed by atoms with Crippen LogP contribution in [0.4, 0.5) is 5.69 Å². The molecule has 0 saturated carbocycles. The Hall–Kier alpha value is -2.17. The van der Waals surface area contributed by atoms with Gasteiger partial charge in [-0.05, 0) is 55.6 Å². The van der Waals surface area contributed by atoms with E-state index in [4.69, 9.17) is 0 Å². The van der Waals surface area contributed by atoms with Gasteiger partial charge in [0.1, 0.15) is 0 Å². The van der Waals surface area contributed by atoms with Crippen molar-refractivity contribution in [2.24, 2.45) is 0 Å². The summed E-state index contributed by atoms with van der Waals surface area (Å²) < 4.78 is 0. The topological polar surface area (TPSA) is 52.6 Å². The molecule has 1 fully saturated rings. The fourth-order valence-corrected chi connectivity index (χ4v) is 3.23. The molecule has 1 aliphatic heterocycles. The zero-order valence-electron chi connectivity index (χ0n) is 14.5. The van der Waals surface area contributed by atoms with Crippen LogP contribution < -0.4 is 5.32 Å². The summed E-state index contributed by atoms with van der Waals surface area (Å²) in [6.45, 7) is 3.55. The van der Waals surface area contributed by atoms with E-state index in [2.05, 4.69) is 22.3 Å². The molecule has 2 N–H and O–H groups in total. The third-order valence-corrected chi connectivity index (χ3v) is 4.72. The molecule has 25 heavy (non-hydrogen) atoms. The van der Waals surface area contributed by atoms with E-state index in [-0.39, 0.29) is 12.3 Å². The number of benzene rings is 2. The van der Waals surface area contributed by atoms with Gasteiger partial charge in [0.25, 0.3) is 0 Å². The number of anilines is 1. The van der Waals surface area contributed by atoms with Crippen LogP contribution in [0.25, 0.3) is 0 Å². The van der Waals surface area contributed by atoms with E-state index < -0.39 is 6.10 Å². The molecule has 1 heterocycles. The number of nitrogens with zero attached hydrogens (tertiary/aromatic N) is 1. The molecule has 2 aromatic carbocycles. The van der Waals surface area contributed by atoms with Gasteiger partial charge in [-0.15, -0.1) is 0 Å². The molecule has 1 unspecified atom stereocenters. The first kappa shape index (κ1) is 17.6. The Labute approximate surface area is 149 Å². The van der Waals surface area contributed by atoms with Crippen molar-refractivity contribution < 1.29 is 9.90 Å². The van der Waals surface area contributed by atoms with Crippen molar-refractivity contribution in [2.45, 2.75) is 31.8 Å². The second-order valence-electron chi connectivity index (χ2n) is 6.67. The summed E-state index contributed by atoms with van der Waals surface area (Å²) in [5.74, 6) is -0.179. The molecule has 1 atom stereocenters. The van der Waals surface area contributed by atoms with Gasteiger partial charge in [0, 0.05) is 12.2 Å². The van der Waals surface area contributed by atoms with Crippen molar-refractivity contribution in [3.63, 3.8) is 0 Å². The van der Waals surface area contributed by atoms with Gasteiger partial charge in [0.2, 0.25) is 5.91 Å². The third kappa shape index (κ3) is 5.41. The van der Waals surface area contributed by atoms with Crippen LogP contribution >= 0.6 is 0 Å². The Bertz CT molecular complexity index is 664. The standard InChI is InChI=1S/C21H26N2O2/c24-20(18-6-2-1-3-7-18)16-21(25)22-19-10-8-17(9-11-19)12-15-23-13-4-5-14-23/h1-3,6-11,20,24H,4-5,12-16H2,(H,22,25). The molecule has 0 aromatic heterocycles. The third-order valence-electron chi connectivity index (χ3n) is 4.72. The van der Waals surface area contributed by atoms with E-state index in [0.29, 0.717) is 0 Å². The van der Waals surface area contributed by atoms with Crippen LogP contribution in [0.5, 0.6) is 0 Å². The Kier molecular flexibility index (Phi) is 6.20. The lowest BCUT2D eigenvalue weighted by Gasteiger charge is -2.14. The van der Waals surface area contributed by atoms with Crippen LogP contribution in [0, 0.1) is 0 Å². The average molecular weight is 338 g/mol. The fraction of sp³-hybridized carbons (Fsp3) is 0.381. The van der Waals surface area contributed by atoms with Gasteiger partial charge in [-0.2, -0.15) is 0 Å². The van der Waals surface area contributed by atoms with Crippen LogP contribution in [-0.2, 0) is 11.2 Å². The lowest BCUT2D eigenvalue weighted by atomic mass is 10.1. The zero-order valence-corrected chi connectivity index (χ0v) is 14.5. The van der Waals surface area contributed by atoms with Crippen molar-refractivity contribution in [3.05, 3.63) is 65.7 Å². The molecular weight excluding hydrogens is 312 g/mol. The van der Waals surface area contributed by atoms with Gasteiger partial charge in [0.05, 0.1) is 12.5 Å². The van der Waals surface area contributed by atoms with E-state index in [0.717, 1.165) is 24.2 Å². The lowest BCUT2D eigenvalue weighted by Crippen LogP contribution is -2.21. The monoisotopic (exact) mass is 338 g/mol. The van der Waals surface area contributed by atoms with E-state index in [1.165, 1.54) is 31.5 Å². The number of amides is 1. The predicted molar refractivity (Wildman–Crippen MR) is 100 cm³/mol. The first-order chi connectivity index (χ1) is 12.2. The molecule has 0 aliphatic carbocycles. The molecule has 3 rings (SSSR count). The highest BCUT2D eigenvalue weighted by atomic mass is 16.3. The van der Waals surface area contributed by atoms with Crippen molar-refractivity contribution in [1.29, 1.82) is 0 Å². The number of hydrogen-bond donors (Lipinski definition) is 2. The summed E-state index contributed by atoms with van der Waals surface area (Å²) in [5, 5.41) is 13.0. The Balaban J connectivity index is 1.46. The molecule has 0 radical (unpaired) electrons. The van der Waals surface area contributed by atoms with Gasteiger partial charge >= 0.3 is 0 Å². The van der Waals surface area contributed by atoms with Crippen molar-refractivity contribution in [2.75, 3.05) is 25.0 Å². The minimum atomic E-state index is -0.777. The maximum atomic E-state index is 12.1. The normalized spacial score (nSPS) is 15.9. The summed E-state index contributed by atoms with van der Waals surface area (Å²) in [6, 6.07) is 17.3. The van der Waals surface area contributed by atoms with Crippen LogP contribution in [0.15, 0.2) is 54.6 Å². The van der Waals surface area contributed by atoms with Crippen LogP contribution in [0.1, 0.15) is 36.5 Å².